The molecular formula is C20H15ClFN3O2. The number of hydrogen-bond donors (Lipinski definition) is 2. The van der Waals surface area contributed by atoms with Gasteiger partial charge in [0.15, 0.2) is 17.3 Å². The lowest BCUT2D eigenvalue weighted by atomic mass is 10.1. The Morgan fingerprint density at radius 3 is 2.78 bits per heavy atom. The number of nitrogens with one attached hydrogen (secondary N) is 2. The van der Waals surface area contributed by atoms with Crippen LogP contribution >= 0.6 is 11.6 Å². The van der Waals surface area contributed by atoms with Crippen molar-refractivity contribution in [3.8, 4) is 11.5 Å². The first-order valence-corrected chi connectivity index (χ1v) is 8.75. The van der Waals surface area contributed by atoms with E-state index >= 15 is 4.39 Å². The number of benzene rings is 2. The van der Waals surface area contributed by atoms with Crippen molar-refractivity contribution < 1.29 is 9.13 Å². The summed E-state index contributed by atoms with van der Waals surface area (Å²) in [6.45, 7) is 0. The molecule has 0 atom stereocenters. The molecule has 2 heterocycles. The smallest absolute Gasteiger partial charge is 0.264 e. The van der Waals surface area contributed by atoms with Gasteiger partial charge in [-0.2, -0.15) is 5.10 Å². The third-order valence-electron chi connectivity index (χ3n) is 4.28. The largest absolute Gasteiger partial charge is 0.450 e. The molecule has 0 saturated heterocycles. The van der Waals surface area contributed by atoms with Crippen LogP contribution in [0, 0.1) is 5.82 Å². The van der Waals surface area contributed by atoms with Gasteiger partial charge in [0.05, 0.1) is 16.2 Å². The van der Waals surface area contributed by atoms with E-state index in [0.29, 0.717) is 29.8 Å². The van der Waals surface area contributed by atoms with Gasteiger partial charge in [0.25, 0.3) is 5.56 Å². The Hall–Kier alpha value is -3.12. The van der Waals surface area contributed by atoms with Crippen LogP contribution in [0.2, 0.25) is 5.02 Å². The molecular weight excluding hydrogens is 369 g/mol. The predicted molar refractivity (Wildman–Crippen MR) is 102 cm³/mol. The molecule has 0 aliphatic heterocycles. The minimum absolute atomic E-state index is 0.00862. The number of hydrogen-bond acceptors (Lipinski definition) is 3. The highest BCUT2D eigenvalue weighted by atomic mass is 35.5. The van der Waals surface area contributed by atoms with Gasteiger partial charge in [-0.05, 0) is 42.7 Å². The first kappa shape index (κ1) is 17.3. The minimum atomic E-state index is -0.504. The van der Waals surface area contributed by atoms with E-state index in [2.05, 4.69) is 15.2 Å². The number of aromatic amines is 2. The van der Waals surface area contributed by atoms with Crippen molar-refractivity contribution in [2.45, 2.75) is 12.8 Å². The molecule has 2 aromatic heterocycles. The average Bonchev–Trinajstić information content (AvgIpc) is 3.15. The Labute approximate surface area is 158 Å². The lowest BCUT2D eigenvalue weighted by Gasteiger charge is -2.12. The molecule has 0 fully saturated rings. The van der Waals surface area contributed by atoms with Crippen LogP contribution in [0.5, 0.6) is 11.5 Å². The van der Waals surface area contributed by atoms with Crippen molar-refractivity contribution in [3.63, 3.8) is 0 Å². The Balaban J connectivity index is 1.61. The molecule has 4 rings (SSSR count). The van der Waals surface area contributed by atoms with Gasteiger partial charge in [-0.25, -0.2) is 9.49 Å². The Bertz CT molecular complexity index is 1150. The lowest BCUT2D eigenvalue weighted by Crippen LogP contribution is -2.08. The predicted octanol–water partition coefficient (Wildman–Crippen LogP) is 4.62. The number of H-pyrrole nitrogens is 2. The summed E-state index contributed by atoms with van der Waals surface area (Å²) in [5.41, 5.74) is 1.63. The molecule has 0 bridgehead atoms. The zero-order valence-corrected chi connectivity index (χ0v) is 14.9. The quantitative estimate of drug-likeness (QED) is 0.528. The Kier molecular flexibility index (Phi) is 4.64. The van der Waals surface area contributed by atoms with Gasteiger partial charge in [-0.1, -0.05) is 29.8 Å². The summed E-state index contributed by atoms with van der Waals surface area (Å²) in [5, 5.41) is 7.47. The van der Waals surface area contributed by atoms with Crippen molar-refractivity contribution in [3.05, 3.63) is 87.2 Å². The van der Waals surface area contributed by atoms with Crippen LogP contribution in [0.25, 0.3) is 10.9 Å². The second kappa shape index (κ2) is 7.25. The number of rotatable bonds is 5. The minimum Gasteiger partial charge on any atom is -0.450 e. The molecule has 0 amide bonds. The van der Waals surface area contributed by atoms with E-state index in [0.717, 1.165) is 10.9 Å². The highest BCUT2D eigenvalue weighted by Gasteiger charge is 2.16. The first-order valence-electron chi connectivity index (χ1n) is 8.37. The number of fused-ring (bicyclic) bond motifs is 1. The van der Waals surface area contributed by atoms with E-state index < -0.39 is 5.82 Å². The van der Waals surface area contributed by atoms with E-state index in [-0.39, 0.29) is 16.3 Å². The summed E-state index contributed by atoms with van der Waals surface area (Å²) in [6, 6.07) is 13.7. The molecule has 4 aromatic rings. The molecule has 0 unspecified atom stereocenters. The highest BCUT2D eigenvalue weighted by molar-refractivity contribution is 6.32. The molecule has 7 heteroatoms. The van der Waals surface area contributed by atoms with Gasteiger partial charge in [0.2, 0.25) is 0 Å². The van der Waals surface area contributed by atoms with Gasteiger partial charge in [-0.3, -0.25) is 4.79 Å². The third-order valence-corrected chi connectivity index (χ3v) is 4.57. The van der Waals surface area contributed by atoms with E-state index in [1.165, 1.54) is 6.07 Å². The topological polar surface area (TPSA) is 70.8 Å². The van der Waals surface area contributed by atoms with Crippen LogP contribution in [-0.4, -0.2) is 15.2 Å². The summed E-state index contributed by atoms with van der Waals surface area (Å²) < 4.78 is 20.8. The maximum Gasteiger partial charge on any atom is 0.264 e. The molecule has 0 radical (unpaired) electrons. The first-order chi connectivity index (χ1) is 13.1. The van der Waals surface area contributed by atoms with Crippen molar-refractivity contribution in [2.75, 3.05) is 0 Å². The molecule has 2 N–H and O–H groups in total. The fraction of sp³-hybridized carbons (Fsp3) is 0.100. The monoisotopic (exact) mass is 383 g/mol. The molecule has 27 heavy (non-hydrogen) atoms. The second-order valence-corrected chi connectivity index (χ2v) is 6.47. The molecule has 136 valence electrons. The van der Waals surface area contributed by atoms with Gasteiger partial charge in [-0.15, -0.1) is 0 Å². The van der Waals surface area contributed by atoms with E-state index in [9.17, 15) is 4.79 Å². The number of halogens is 2. The fourth-order valence-corrected chi connectivity index (χ4v) is 3.07. The number of aryl methyl sites for hydroxylation is 2. The normalized spacial score (nSPS) is 11.0. The standard InChI is InChI=1S/C20H15ClFN3O2/c21-15-8-5-12(4-6-14-7-9-17(26)25-24-14)18(22)20(15)27-16-3-1-2-13-10-11-23-19(13)16/h1-3,5,7-11,23H,4,6H2,(H,25,26). The summed E-state index contributed by atoms with van der Waals surface area (Å²) in [4.78, 5) is 14.2. The third kappa shape index (κ3) is 3.57. The SMILES string of the molecule is O=c1ccc(CCc2ccc(Cl)c(Oc3cccc4cc[nH]c34)c2F)n[nH]1. The Morgan fingerprint density at radius 2 is 1.96 bits per heavy atom. The van der Waals surface area contributed by atoms with Crippen LogP contribution in [0.4, 0.5) is 4.39 Å². The molecule has 2 aromatic carbocycles. The second-order valence-electron chi connectivity index (χ2n) is 6.06. The van der Waals surface area contributed by atoms with Crippen LogP contribution in [0.3, 0.4) is 0 Å². The van der Waals surface area contributed by atoms with Crippen molar-refractivity contribution >= 4 is 22.5 Å². The van der Waals surface area contributed by atoms with Crippen LogP contribution in [-0.2, 0) is 12.8 Å². The van der Waals surface area contributed by atoms with Gasteiger partial charge in [0.1, 0.15) is 0 Å². The number of nitrogens with zero attached hydrogens (tertiary/aromatic N) is 1. The summed E-state index contributed by atoms with van der Waals surface area (Å²) in [5.74, 6) is -0.0149. The zero-order chi connectivity index (χ0) is 18.8. The lowest BCUT2D eigenvalue weighted by molar-refractivity contribution is 0.442. The highest BCUT2D eigenvalue weighted by Crippen LogP contribution is 2.36. The summed E-state index contributed by atoms with van der Waals surface area (Å²) in [6.07, 6.45) is 2.66. The molecule has 5 nitrogen and oxygen atoms in total. The van der Waals surface area contributed by atoms with Crippen molar-refractivity contribution in [1.82, 2.24) is 15.2 Å². The van der Waals surface area contributed by atoms with Crippen molar-refractivity contribution in [1.29, 1.82) is 0 Å². The number of aromatic nitrogens is 3. The molecule has 0 aliphatic carbocycles. The van der Waals surface area contributed by atoms with Crippen LogP contribution < -0.4 is 10.3 Å². The Morgan fingerprint density at radius 1 is 1.07 bits per heavy atom. The van der Waals surface area contributed by atoms with Crippen molar-refractivity contribution in [2.24, 2.45) is 0 Å². The fourth-order valence-electron chi connectivity index (χ4n) is 2.89. The summed E-state index contributed by atoms with van der Waals surface area (Å²) >= 11 is 6.18. The maximum absolute atomic E-state index is 15.0. The number of ether oxygens (including phenoxy) is 1. The molecule has 0 spiro atoms. The van der Waals surface area contributed by atoms with Gasteiger partial charge in [0, 0.05) is 17.6 Å². The zero-order valence-electron chi connectivity index (χ0n) is 14.1. The van der Waals surface area contributed by atoms with E-state index in [1.807, 2.05) is 18.2 Å². The maximum atomic E-state index is 15.0. The molecule has 0 aliphatic rings. The van der Waals surface area contributed by atoms with Crippen LogP contribution in [0.15, 0.2) is 59.5 Å². The van der Waals surface area contributed by atoms with Gasteiger partial charge >= 0.3 is 0 Å². The molecule has 0 saturated carbocycles. The van der Waals surface area contributed by atoms with Gasteiger partial charge < -0.3 is 9.72 Å². The van der Waals surface area contributed by atoms with Crippen LogP contribution in [0.1, 0.15) is 11.3 Å². The average molecular weight is 384 g/mol. The van der Waals surface area contributed by atoms with E-state index in [4.69, 9.17) is 16.3 Å². The number of para-hydroxylation sites is 1. The summed E-state index contributed by atoms with van der Waals surface area (Å²) in [7, 11) is 0. The van der Waals surface area contributed by atoms with E-state index in [1.54, 1.807) is 30.5 Å².